The van der Waals surface area contributed by atoms with E-state index in [-0.39, 0.29) is 11.9 Å². The van der Waals surface area contributed by atoms with Crippen LogP contribution in [0.3, 0.4) is 0 Å². The summed E-state index contributed by atoms with van der Waals surface area (Å²) in [6.45, 7) is 9.00. The highest BCUT2D eigenvalue weighted by Gasteiger charge is 2.14. The Hall–Kier alpha value is -1.70. The van der Waals surface area contributed by atoms with Gasteiger partial charge in [0.15, 0.2) is 0 Å². The van der Waals surface area contributed by atoms with Gasteiger partial charge in [0.1, 0.15) is 6.61 Å². The van der Waals surface area contributed by atoms with Crippen LogP contribution in [0.5, 0.6) is 0 Å². The molecule has 27 heavy (non-hydrogen) atoms. The van der Waals surface area contributed by atoms with Gasteiger partial charge >= 0.3 is 5.97 Å². The van der Waals surface area contributed by atoms with Crippen LogP contribution in [0.1, 0.15) is 26.2 Å². The number of ether oxygens (including phenoxy) is 2. The highest BCUT2D eigenvalue weighted by Crippen LogP contribution is 2.07. The summed E-state index contributed by atoms with van der Waals surface area (Å²) < 4.78 is 10.6. The van der Waals surface area contributed by atoms with Crippen LogP contribution < -0.4 is 5.32 Å². The zero-order valence-electron chi connectivity index (χ0n) is 16.5. The van der Waals surface area contributed by atoms with E-state index >= 15 is 0 Å². The first-order chi connectivity index (χ1) is 13.2. The SMILES string of the molecule is C/C=C(\C=C/CNC(=O)CN1CCCCC1)C(=O)OCCN1CCOCC1. The number of likely N-dealkylation sites (tertiary alicyclic amines) is 1. The van der Waals surface area contributed by atoms with Crippen LogP contribution in [0, 0.1) is 0 Å². The molecular weight excluding hydrogens is 346 g/mol. The molecule has 0 aliphatic carbocycles. The van der Waals surface area contributed by atoms with Crippen molar-refractivity contribution in [1.29, 1.82) is 0 Å². The van der Waals surface area contributed by atoms with Crippen molar-refractivity contribution in [2.45, 2.75) is 26.2 Å². The molecule has 152 valence electrons. The standard InChI is InChI=1S/C20H33N3O4/c1-2-18(20(25)27-16-13-22-11-14-26-15-12-22)7-6-8-21-19(24)17-23-9-4-3-5-10-23/h2,6-7H,3-5,8-17H2,1H3,(H,21,24)/b7-6-,18-2+. The van der Waals surface area contributed by atoms with Crippen LogP contribution in [0.4, 0.5) is 0 Å². The van der Waals surface area contributed by atoms with Gasteiger partial charge in [-0.2, -0.15) is 0 Å². The second-order valence-corrected chi connectivity index (χ2v) is 6.88. The Kier molecular flexibility index (Phi) is 10.1. The quantitative estimate of drug-likeness (QED) is 0.366. The van der Waals surface area contributed by atoms with Crippen molar-refractivity contribution < 1.29 is 19.1 Å². The van der Waals surface area contributed by atoms with Gasteiger partial charge in [-0.15, -0.1) is 0 Å². The van der Waals surface area contributed by atoms with E-state index in [9.17, 15) is 9.59 Å². The third-order valence-electron chi connectivity index (χ3n) is 4.82. The van der Waals surface area contributed by atoms with Crippen molar-refractivity contribution in [1.82, 2.24) is 15.1 Å². The van der Waals surface area contributed by atoms with Gasteiger partial charge in [0.2, 0.25) is 5.91 Å². The fraction of sp³-hybridized carbons (Fsp3) is 0.700. The van der Waals surface area contributed by atoms with E-state index in [1.54, 1.807) is 25.2 Å². The van der Waals surface area contributed by atoms with Crippen molar-refractivity contribution in [3.63, 3.8) is 0 Å². The Balaban J connectivity index is 1.60. The topological polar surface area (TPSA) is 71.1 Å². The molecule has 1 amide bonds. The van der Waals surface area contributed by atoms with Gasteiger partial charge in [-0.1, -0.05) is 24.6 Å². The van der Waals surface area contributed by atoms with Crippen molar-refractivity contribution in [2.75, 3.05) is 65.6 Å². The lowest BCUT2D eigenvalue weighted by Crippen LogP contribution is -2.39. The first-order valence-corrected chi connectivity index (χ1v) is 9.98. The van der Waals surface area contributed by atoms with Gasteiger partial charge in [0, 0.05) is 26.2 Å². The maximum absolute atomic E-state index is 12.1. The summed E-state index contributed by atoms with van der Waals surface area (Å²) in [5.74, 6) is -0.307. The number of hydrogen-bond acceptors (Lipinski definition) is 6. The zero-order valence-corrected chi connectivity index (χ0v) is 16.5. The predicted molar refractivity (Wildman–Crippen MR) is 104 cm³/mol. The number of rotatable bonds is 9. The molecule has 2 saturated heterocycles. The molecule has 2 fully saturated rings. The lowest BCUT2D eigenvalue weighted by atomic mass is 10.1. The van der Waals surface area contributed by atoms with E-state index in [4.69, 9.17) is 9.47 Å². The molecule has 7 nitrogen and oxygen atoms in total. The number of hydrogen-bond donors (Lipinski definition) is 1. The molecule has 0 saturated carbocycles. The second kappa shape index (κ2) is 12.6. The third kappa shape index (κ3) is 8.69. The minimum Gasteiger partial charge on any atom is -0.461 e. The highest BCUT2D eigenvalue weighted by atomic mass is 16.5. The second-order valence-electron chi connectivity index (χ2n) is 6.88. The van der Waals surface area contributed by atoms with Gasteiger partial charge in [0.05, 0.1) is 25.3 Å². The molecule has 2 aliphatic rings. The molecule has 1 N–H and O–H groups in total. The average molecular weight is 380 g/mol. The Labute approximate surface area is 162 Å². The highest BCUT2D eigenvalue weighted by molar-refractivity contribution is 5.91. The van der Waals surface area contributed by atoms with E-state index in [0.29, 0.717) is 25.3 Å². The normalized spacial score (nSPS) is 20.0. The van der Waals surface area contributed by atoms with Crippen molar-refractivity contribution in [3.05, 3.63) is 23.8 Å². The Morgan fingerprint density at radius 3 is 2.52 bits per heavy atom. The van der Waals surface area contributed by atoms with E-state index in [1.807, 2.05) is 0 Å². The van der Waals surface area contributed by atoms with E-state index in [0.717, 1.165) is 45.9 Å². The third-order valence-corrected chi connectivity index (χ3v) is 4.82. The number of carbonyl (C=O) groups is 2. The monoisotopic (exact) mass is 379 g/mol. The molecule has 2 heterocycles. The number of nitrogens with one attached hydrogen (secondary N) is 1. The van der Waals surface area contributed by atoms with Crippen LogP contribution >= 0.6 is 0 Å². The molecule has 0 radical (unpaired) electrons. The molecule has 0 atom stereocenters. The molecule has 0 aromatic rings. The van der Waals surface area contributed by atoms with Gasteiger partial charge in [-0.3, -0.25) is 14.6 Å². The van der Waals surface area contributed by atoms with Crippen LogP contribution in [0.2, 0.25) is 0 Å². The fourth-order valence-electron chi connectivity index (χ4n) is 3.19. The number of nitrogens with zero attached hydrogens (tertiary/aromatic N) is 2. The number of carbonyl (C=O) groups excluding carboxylic acids is 2. The summed E-state index contributed by atoms with van der Waals surface area (Å²) in [6.07, 6.45) is 8.82. The average Bonchev–Trinajstić information content (AvgIpc) is 2.69. The van der Waals surface area contributed by atoms with Crippen LogP contribution in [-0.4, -0.2) is 87.3 Å². The summed E-state index contributed by atoms with van der Waals surface area (Å²) in [6, 6.07) is 0. The van der Waals surface area contributed by atoms with Crippen molar-refractivity contribution >= 4 is 11.9 Å². The van der Waals surface area contributed by atoms with Crippen LogP contribution in [0.15, 0.2) is 23.8 Å². The minimum atomic E-state index is -0.332. The van der Waals surface area contributed by atoms with Gasteiger partial charge in [0.25, 0.3) is 0 Å². The van der Waals surface area contributed by atoms with Crippen molar-refractivity contribution in [2.24, 2.45) is 0 Å². The van der Waals surface area contributed by atoms with Gasteiger partial charge < -0.3 is 14.8 Å². The summed E-state index contributed by atoms with van der Waals surface area (Å²) >= 11 is 0. The summed E-state index contributed by atoms with van der Waals surface area (Å²) in [5.41, 5.74) is 0.502. The number of amides is 1. The molecule has 2 aliphatic heterocycles. The fourth-order valence-corrected chi connectivity index (χ4v) is 3.19. The maximum atomic E-state index is 12.1. The van der Waals surface area contributed by atoms with Gasteiger partial charge in [-0.25, -0.2) is 4.79 Å². The molecule has 0 aromatic heterocycles. The Morgan fingerprint density at radius 1 is 1.07 bits per heavy atom. The number of allylic oxidation sites excluding steroid dienone is 1. The summed E-state index contributed by atoms with van der Waals surface area (Å²) in [7, 11) is 0. The lowest BCUT2D eigenvalue weighted by molar-refractivity contribution is -0.139. The molecule has 0 spiro atoms. The minimum absolute atomic E-state index is 0.0247. The molecule has 0 unspecified atom stereocenters. The molecule has 7 heteroatoms. The number of esters is 1. The largest absolute Gasteiger partial charge is 0.461 e. The number of morpholine rings is 1. The van der Waals surface area contributed by atoms with Crippen LogP contribution in [0.25, 0.3) is 0 Å². The maximum Gasteiger partial charge on any atom is 0.337 e. The lowest BCUT2D eigenvalue weighted by Gasteiger charge is -2.26. The Morgan fingerprint density at radius 2 is 1.81 bits per heavy atom. The summed E-state index contributed by atoms with van der Waals surface area (Å²) in [4.78, 5) is 28.5. The first-order valence-electron chi connectivity index (χ1n) is 9.98. The molecular formula is C20H33N3O4. The molecule has 2 rings (SSSR count). The Bertz CT molecular complexity index is 521. The molecule has 0 aromatic carbocycles. The summed E-state index contributed by atoms with van der Waals surface area (Å²) in [5, 5.41) is 2.87. The molecule has 0 bridgehead atoms. The first kappa shape index (κ1) is 21.6. The van der Waals surface area contributed by atoms with E-state index in [1.165, 1.54) is 19.3 Å². The number of piperidine rings is 1. The van der Waals surface area contributed by atoms with E-state index < -0.39 is 0 Å². The van der Waals surface area contributed by atoms with Crippen LogP contribution in [-0.2, 0) is 19.1 Å². The smallest absolute Gasteiger partial charge is 0.337 e. The van der Waals surface area contributed by atoms with Gasteiger partial charge in [-0.05, 0) is 32.9 Å². The van der Waals surface area contributed by atoms with Crippen molar-refractivity contribution in [3.8, 4) is 0 Å². The predicted octanol–water partition coefficient (Wildman–Crippen LogP) is 0.966. The zero-order chi connectivity index (χ0) is 19.3. The van der Waals surface area contributed by atoms with E-state index in [2.05, 4.69) is 15.1 Å².